The van der Waals surface area contributed by atoms with Crippen molar-refractivity contribution in [3.8, 4) is 0 Å². The fourth-order valence-electron chi connectivity index (χ4n) is 4.66. The third-order valence-corrected chi connectivity index (χ3v) is 7.01. The maximum Gasteiger partial charge on any atom is 0.219 e. The molecule has 0 saturated carbocycles. The topological polar surface area (TPSA) is 62.6 Å². The van der Waals surface area contributed by atoms with Crippen LogP contribution in [-0.2, 0) is 11.3 Å². The Morgan fingerprint density at radius 3 is 2.47 bits per heavy atom. The summed E-state index contributed by atoms with van der Waals surface area (Å²) in [6.07, 6.45) is 4.20. The van der Waals surface area contributed by atoms with Gasteiger partial charge in [-0.1, -0.05) is 34.1 Å². The van der Waals surface area contributed by atoms with Crippen molar-refractivity contribution < 1.29 is 18.4 Å². The van der Waals surface area contributed by atoms with E-state index in [2.05, 4.69) is 15.9 Å². The van der Waals surface area contributed by atoms with E-state index in [0.29, 0.717) is 6.54 Å². The van der Waals surface area contributed by atoms with Crippen LogP contribution in [0.2, 0.25) is 0 Å². The van der Waals surface area contributed by atoms with Gasteiger partial charge in [0, 0.05) is 49.8 Å². The molecule has 188 valence electrons. The highest BCUT2D eigenvalue weighted by Gasteiger charge is 2.30. The average Bonchev–Trinajstić information content (AvgIpc) is 2.84. The highest BCUT2D eigenvalue weighted by Crippen LogP contribution is 2.31. The Morgan fingerprint density at radius 1 is 1.17 bits per heavy atom. The lowest BCUT2D eigenvalue weighted by Crippen LogP contribution is -2.54. The number of fused-ring (bicyclic) bond motifs is 1. The van der Waals surface area contributed by atoms with Crippen LogP contribution in [0.5, 0.6) is 0 Å². The molecule has 1 atom stereocenters. The molecule has 1 unspecified atom stereocenters. The van der Waals surface area contributed by atoms with Crippen molar-refractivity contribution in [1.82, 2.24) is 9.47 Å². The number of hydrogen-bond acceptors (Lipinski definition) is 4. The van der Waals surface area contributed by atoms with Crippen molar-refractivity contribution in [3.05, 3.63) is 80.1 Å². The lowest BCUT2D eigenvalue weighted by atomic mass is 10.0. The van der Waals surface area contributed by atoms with E-state index in [1.165, 1.54) is 23.8 Å². The molecule has 1 aliphatic heterocycles. The van der Waals surface area contributed by atoms with Crippen LogP contribution >= 0.6 is 15.9 Å². The number of halogens is 3. The minimum Gasteiger partial charge on any atom is -0.363 e. The molecule has 1 fully saturated rings. The van der Waals surface area contributed by atoms with Crippen molar-refractivity contribution in [1.29, 1.82) is 0 Å². The number of nitrogens with zero attached hydrogens (tertiary/aromatic N) is 3. The van der Waals surface area contributed by atoms with Crippen LogP contribution in [0.3, 0.4) is 0 Å². The van der Waals surface area contributed by atoms with E-state index >= 15 is 8.78 Å². The van der Waals surface area contributed by atoms with E-state index in [4.69, 9.17) is 0 Å². The molecule has 6 nitrogen and oxygen atoms in total. The predicted octanol–water partition coefficient (Wildman–Crippen LogP) is 5.02. The summed E-state index contributed by atoms with van der Waals surface area (Å²) in [4.78, 5) is 41.1. The van der Waals surface area contributed by atoms with E-state index in [1.807, 2.05) is 31.2 Å². The minimum atomic E-state index is -0.877. The van der Waals surface area contributed by atoms with Crippen molar-refractivity contribution in [2.24, 2.45) is 0 Å². The SMILES string of the molecule is CCn1cc(C(=O)C=Cc2ccc(Br)cc2)c(=O)c2cc(F)c(N3CCN(C(C)=O)C(C)C3)c(F)c21. The second-order valence-corrected chi connectivity index (χ2v) is 9.75. The van der Waals surface area contributed by atoms with Gasteiger partial charge in [0.05, 0.1) is 16.5 Å². The number of piperazine rings is 1. The van der Waals surface area contributed by atoms with E-state index < -0.39 is 22.8 Å². The quantitative estimate of drug-likeness (QED) is 0.326. The first-order valence-corrected chi connectivity index (χ1v) is 12.5. The second kappa shape index (κ2) is 10.3. The number of ketones is 1. The zero-order chi connectivity index (χ0) is 26.1. The summed E-state index contributed by atoms with van der Waals surface area (Å²) >= 11 is 3.35. The van der Waals surface area contributed by atoms with Crippen molar-refractivity contribution >= 4 is 50.3 Å². The molecule has 0 radical (unpaired) electrons. The number of allylic oxidation sites excluding steroid dienone is 1. The van der Waals surface area contributed by atoms with Gasteiger partial charge < -0.3 is 14.4 Å². The number of benzene rings is 2. The molecule has 3 aromatic rings. The van der Waals surface area contributed by atoms with Crippen LogP contribution in [0.4, 0.5) is 14.5 Å². The molecular weight excluding hydrogens is 532 g/mol. The summed E-state index contributed by atoms with van der Waals surface area (Å²) in [6.45, 7) is 6.17. The number of aromatic nitrogens is 1. The number of anilines is 1. The number of amides is 1. The van der Waals surface area contributed by atoms with Crippen molar-refractivity contribution in [2.75, 3.05) is 24.5 Å². The Labute approximate surface area is 215 Å². The predicted molar refractivity (Wildman–Crippen MR) is 140 cm³/mol. The lowest BCUT2D eigenvalue weighted by Gasteiger charge is -2.40. The Kier molecular flexibility index (Phi) is 7.40. The molecule has 0 N–H and O–H groups in total. The number of carbonyl (C=O) groups is 2. The smallest absolute Gasteiger partial charge is 0.219 e. The van der Waals surface area contributed by atoms with Gasteiger partial charge in [0.1, 0.15) is 11.5 Å². The molecule has 36 heavy (non-hydrogen) atoms. The van der Waals surface area contributed by atoms with Crippen LogP contribution in [-0.4, -0.2) is 46.8 Å². The normalized spacial score (nSPS) is 16.2. The van der Waals surface area contributed by atoms with Gasteiger partial charge in [-0.15, -0.1) is 0 Å². The standard InChI is InChI=1S/C27H26BrF2N3O3/c1-4-31-15-21(23(35)10-7-18-5-8-19(28)9-6-18)27(36)20-13-22(29)26(24(30)25(20)31)32-11-12-33(17(3)34)16(2)14-32/h5-10,13,15-16H,4,11-12,14H2,1-3H3. The lowest BCUT2D eigenvalue weighted by molar-refractivity contribution is -0.131. The van der Waals surface area contributed by atoms with E-state index in [9.17, 15) is 14.4 Å². The third-order valence-electron chi connectivity index (χ3n) is 6.48. The molecule has 9 heteroatoms. The maximum atomic E-state index is 15.8. The fourth-order valence-corrected chi connectivity index (χ4v) is 4.92. The highest BCUT2D eigenvalue weighted by atomic mass is 79.9. The summed E-state index contributed by atoms with van der Waals surface area (Å²) in [7, 11) is 0. The first-order valence-electron chi connectivity index (χ1n) is 11.7. The molecule has 0 bridgehead atoms. The number of pyridine rings is 1. The van der Waals surface area contributed by atoms with Gasteiger partial charge in [0.15, 0.2) is 11.6 Å². The zero-order valence-electron chi connectivity index (χ0n) is 20.2. The Hall–Kier alpha value is -3.33. The third kappa shape index (κ3) is 4.84. The number of aryl methyl sites for hydroxylation is 1. The van der Waals surface area contributed by atoms with Gasteiger partial charge in [0.25, 0.3) is 0 Å². The summed E-state index contributed by atoms with van der Waals surface area (Å²) in [5, 5.41) is -0.186. The molecule has 4 rings (SSSR count). The van der Waals surface area contributed by atoms with Crippen LogP contribution in [0.25, 0.3) is 17.0 Å². The number of hydrogen-bond donors (Lipinski definition) is 0. The highest BCUT2D eigenvalue weighted by molar-refractivity contribution is 9.10. The Balaban J connectivity index is 1.76. The van der Waals surface area contributed by atoms with E-state index in [1.54, 1.807) is 22.8 Å². The number of rotatable bonds is 5. The summed E-state index contributed by atoms with van der Waals surface area (Å²) < 4.78 is 33.5. The van der Waals surface area contributed by atoms with Gasteiger partial charge in [-0.25, -0.2) is 8.78 Å². The largest absolute Gasteiger partial charge is 0.363 e. The van der Waals surface area contributed by atoms with Crippen LogP contribution in [0.15, 0.2) is 51.9 Å². The van der Waals surface area contributed by atoms with Gasteiger partial charge in [-0.2, -0.15) is 0 Å². The first-order chi connectivity index (χ1) is 17.1. The molecule has 2 heterocycles. The van der Waals surface area contributed by atoms with Crippen LogP contribution < -0.4 is 10.3 Å². The minimum absolute atomic E-state index is 0.0472. The average molecular weight is 558 g/mol. The van der Waals surface area contributed by atoms with E-state index in [-0.39, 0.29) is 53.7 Å². The summed E-state index contributed by atoms with van der Waals surface area (Å²) in [6, 6.07) is 8.06. The van der Waals surface area contributed by atoms with Gasteiger partial charge >= 0.3 is 0 Å². The molecule has 1 saturated heterocycles. The van der Waals surface area contributed by atoms with Gasteiger partial charge in [-0.3, -0.25) is 14.4 Å². The molecular formula is C27H26BrF2N3O3. The van der Waals surface area contributed by atoms with Crippen molar-refractivity contribution in [3.63, 3.8) is 0 Å². The number of carbonyl (C=O) groups excluding carboxylic acids is 2. The second-order valence-electron chi connectivity index (χ2n) is 8.83. The fraction of sp³-hybridized carbons (Fsp3) is 0.296. The monoisotopic (exact) mass is 557 g/mol. The summed E-state index contributed by atoms with van der Waals surface area (Å²) in [5.41, 5.74) is -0.390. The van der Waals surface area contributed by atoms with Gasteiger partial charge in [0.2, 0.25) is 11.3 Å². The van der Waals surface area contributed by atoms with Crippen molar-refractivity contribution in [2.45, 2.75) is 33.4 Å². The maximum absolute atomic E-state index is 15.8. The zero-order valence-corrected chi connectivity index (χ0v) is 21.8. The van der Waals surface area contributed by atoms with Gasteiger partial charge in [-0.05, 0) is 43.7 Å². The molecule has 2 aromatic carbocycles. The summed E-state index contributed by atoms with van der Waals surface area (Å²) in [5.74, 6) is -2.37. The van der Waals surface area contributed by atoms with E-state index in [0.717, 1.165) is 16.1 Å². The Morgan fingerprint density at radius 2 is 1.86 bits per heavy atom. The Bertz CT molecular complexity index is 1430. The van der Waals surface area contributed by atoms with Crippen LogP contribution in [0.1, 0.15) is 36.7 Å². The van der Waals surface area contributed by atoms with Crippen LogP contribution in [0, 0.1) is 11.6 Å². The molecule has 0 spiro atoms. The molecule has 1 aromatic heterocycles. The molecule has 1 amide bonds. The molecule has 0 aliphatic carbocycles. The first kappa shape index (κ1) is 25.8. The molecule has 1 aliphatic rings.